The number of hydrogen-bond donors (Lipinski definition) is 2. The van der Waals surface area contributed by atoms with Gasteiger partial charge in [-0.2, -0.15) is 0 Å². The van der Waals surface area contributed by atoms with E-state index in [0.717, 1.165) is 0 Å². The van der Waals surface area contributed by atoms with Crippen molar-refractivity contribution in [2.45, 2.75) is 51.9 Å². The summed E-state index contributed by atoms with van der Waals surface area (Å²) in [6, 6.07) is -0.679. The van der Waals surface area contributed by atoms with Crippen LogP contribution in [-0.2, 0) is 14.3 Å². The quantitative estimate of drug-likeness (QED) is 0.647. The molecule has 5 nitrogen and oxygen atoms in total. The lowest BCUT2D eigenvalue weighted by Gasteiger charge is -2.21. The third-order valence-corrected chi connectivity index (χ3v) is 1.58. The van der Waals surface area contributed by atoms with Crippen LogP contribution >= 0.6 is 0 Å². The Morgan fingerprint density at radius 3 is 2.20 bits per heavy atom. The van der Waals surface area contributed by atoms with Crippen LogP contribution in [0.3, 0.4) is 0 Å². The van der Waals surface area contributed by atoms with E-state index < -0.39 is 23.7 Å². The first-order chi connectivity index (χ1) is 6.63. The predicted octanol–water partition coefficient (Wildman–Crippen LogP) is -0.00460. The van der Waals surface area contributed by atoms with E-state index in [2.05, 4.69) is 0 Å². The molecular formula is C10H19NO4. The van der Waals surface area contributed by atoms with E-state index in [-0.39, 0.29) is 12.2 Å². The number of Topliss-reactive ketones (excluding diaryl/α,β-unsaturated/α-hetero) is 1. The zero-order valence-corrected chi connectivity index (χ0v) is 9.61. The fraction of sp³-hybridized carbons (Fsp3) is 0.800. The molecule has 0 spiro atoms. The van der Waals surface area contributed by atoms with Crippen molar-refractivity contribution in [3.05, 3.63) is 0 Å². The number of hydrogen-bond acceptors (Lipinski definition) is 5. The molecule has 0 aromatic carbocycles. The van der Waals surface area contributed by atoms with Gasteiger partial charge in [-0.1, -0.05) is 0 Å². The minimum absolute atomic E-state index is 0.299. The topological polar surface area (TPSA) is 89.6 Å². The highest BCUT2D eigenvalue weighted by Crippen LogP contribution is 2.10. The van der Waals surface area contributed by atoms with Crippen molar-refractivity contribution in [3.63, 3.8) is 0 Å². The monoisotopic (exact) mass is 217 g/mol. The van der Waals surface area contributed by atoms with Crippen LogP contribution in [0.15, 0.2) is 0 Å². The molecule has 0 amide bonds. The summed E-state index contributed by atoms with van der Waals surface area (Å²) in [5.74, 6) is -1.16. The lowest BCUT2D eigenvalue weighted by molar-refractivity contribution is -0.166. The van der Waals surface area contributed by atoms with Gasteiger partial charge in [-0.3, -0.25) is 4.79 Å². The maximum atomic E-state index is 11.3. The molecule has 15 heavy (non-hydrogen) atoms. The Morgan fingerprint density at radius 2 is 1.87 bits per heavy atom. The summed E-state index contributed by atoms with van der Waals surface area (Å²) in [7, 11) is 0. The van der Waals surface area contributed by atoms with E-state index in [1.165, 1.54) is 6.92 Å². The van der Waals surface area contributed by atoms with E-state index >= 15 is 0 Å². The highest BCUT2D eigenvalue weighted by Gasteiger charge is 2.26. The van der Waals surface area contributed by atoms with E-state index in [9.17, 15) is 14.7 Å². The maximum absolute atomic E-state index is 11.3. The van der Waals surface area contributed by atoms with Gasteiger partial charge in [0, 0.05) is 6.42 Å². The van der Waals surface area contributed by atoms with Crippen LogP contribution in [0.4, 0.5) is 0 Å². The van der Waals surface area contributed by atoms with Crippen molar-refractivity contribution >= 4 is 11.8 Å². The maximum Gasteiger partial charge on any atom is 0.335 e. The molecule has 0 fully saturated rings. The fourth-order valence-corrected chi connectivity index (χ4v) is 0.830. The number of aliphatic hydroxyl groups is 1. The summed E-state index contributed by atoms with van der Waals surface area (Å²) >= 11 is 0. The predicted molar refractivity (Wildman–Crippen MR) is 55.1 cm³/mol. The number of esters is 1. The Bertz CT molecular complexity index is 242. The van der Waals surface area contributed by atoms with Gasteiger partial charge in [0.25, 0.3) is 0 Å². The van der Waals surface area contributed by atoms with Crippen LogP contribution in [0, 0.1) is 0 Å². The fourth-order valence-electron chi connectivity index (χ4n) is 0.830. The van der Waals surface area contributed by atoms with E-state index in [1.807, 2.05) is 0 Å². The zero-order valence-electron chi connectivity index (χ0n) is 9.61. The Labute approximate surface area is 89.6 Å². The van der Waals surface area contributed by atoms with Crippen LogP contribution in [0.1, 0.15) is 34.1 Å². The van der Waals surface area contributed by atoms with Gasteiger partial charge in [0.15, 0.2) is 11.9 Å². The second-order valence-corrected chi connectivity index (χ2v) is 4.51. The first-order valence-corrected chi connectivity index (χ1v) is 4.82. The zero-order chi connectivity index (χ0) is 12.2. The van der Waals surface area contributed by atoms with Crippen LogP contribution < -0.4 is 5.73 Å². The third kappa shape index (κ3) is 6.19. The molecule has 88 valence electrons. The summed E-state index contributed by atoms with van der Waals surface area (Å²) in [4.78, 5) is 22.4. The summed E-state index contributed by atoms with van der Waals surface area (Å²) in [5.41, 5.74) is 4.63. The van der Waals surface area contributed by atoms with Crippen molar-refractivity contribution in [2.24, 2.45) is 5.73 Å². The molecule has 0 saturated carbocycles. The molecule has 0 rings (SSSR count). The molecule has 2 atom stereocenters. The molecule has 0 radical (unpaired) electrons. The number of rotatable bonds is 4. The van der Waals surface area contributed by atoms with E-state index in [4.69, 9.17) is 10.5 Å². The van der Waals surface area contributed by atoms with Crippen molar-refractivity contribution in [3.8, 4) is 0 Å². The molecular weight excluding hydrogens is 198 g/mol. The second kappa shape index (κ2) is 5.23. The van der Waals surface area contributed by atoms with Crippen LogP contribution in [-0.4, -0.2) is 34.6 Å². The van der Waals surface area contributed by atoms with Crippen LogP contribution in [0.2, 0.25) is 0 Å². The first-order valence-electron chi connectivity index (χ1n) is 4.82. The number of ketones is 1. The highest BCUT2D eigenvalue weighted by atomic mass is 16.6. The van der Waals surface area contributed by atoms with Gasteiger partial charge < -0.3 is 15.6 Å². The minimum atomic E-state index is -1.43. The van der Waals surface area contributed by atoms with Crippen molar-refractivity contribution in [1.82, 2.24) is 0 Å². The minimum Gasteiger partial charge on any atom is -0.458 e. The molecule has 0 aliphatic carbocycles. The number of carbonyl (C=O) groups is 2. The molecule has 5 heteroatoms. The van der Waals surface area contributed by atoms with Crippen molar-refractivity contribution < 1.29 is 19.4 Å². The second-order valence-electron chi connectivity index (χ2n) is 4.51. The van der Waals surface area contributed by atoms with Crippen molar-refractivity contribution in [1.29, 1.82) is 0 Å². The van der Waals surface area contributed by atoms with Gasteiger partial charge in [0.2, 0.25) is 0 Å². The average Bonchev–Trinajstić information content (AvgIpc) is 2.00. The molecule has 0 aliphatic rings. The third-order valence-electron chi connectivity index (χ3n) is 1.58. The van der Waals surface area contributed by atoms with Crippen LogP contribution in [0.5, 0.6) is 0 Å². The molecule has 0 bridgehead atoms. The number of aliphatic hydroxyl groups excluding tert-OH is 1. The SMILES string of the molecule is C[C@@H](N)C(=O)CC(O)C(=O)OC(C)(C)C. The van der Waals surface area contributed by atoms with Gasteiger partial charge >= 0.3 is 5.97 Å². The Morgan fingerprint density at radius 1 is 1.40 bits per heavy atom. The highest BCUT2D eigenvalue weighted by molar-refractivity contribution is 5.88. The molecule has 1 unspecified atom stereocenters. The van der Waals surface area contributed by atoms with E-state index in [1.54, 1.807) is 20.8 Å². The smallest absolute Gasteiger partial charge is 0.335 e. The Hall–Kier alpha value is -0.940. The largest absolute Gasteiger partial charge is 0.458 e. The van der Waals surface area contributed by atoms with E-state index in [0.29, 0.717) is 0 Å². The normalized spacial score (nSPS) is 15.6. The van der Waals surface area contributed by atoms with Gasteiger partial charge in [-0.05, 0) is 27.7 Å². The standard InChI is InChI=1S/C10H19NO4/c1-6(11)7(12)5-8(13)9(14)15-10(2,3)4/h6,8,13H,5,11H2,1-4H3/t6-,8?/m1/s1. The molecule has 0 saturated heterocycles. The number of nitrogens with two attached hydrogens (primary N) is 1. The lowest BCUT2D eigenvalue weighted by atomic mass is 10.1. The van der Waals surface area contributed by atoms with Gasteiger partial charge in [0.1, 0.15) is 5.60 Å². The Kier molecular flexibility index (Phi) is 4.90. The average molecular weight is 217 g/mol. The van der Waals surface area contributed by atoms with Gasteiger partial charge in [-0.25, -0.2) is 4.79 Å². The molecule has 0 heterocycles. The first kappa shape index (κ1) is 14.1. The number of ether oxygens (including phenoxy) is 1. The molecule has 3 N–H and O–H groups in total. The lowest BCUT2D eigenvalue weighted by Crippen LogP contribution is -2.36. The summed E-state index contributed by atoms with van der Waals surface area (Å²) < 4.78 is 4.90. The van der Waals surface area contributed by atoms with Crippen molar-refractivity contribution in [2.75, 3.05) is 0 Å². The summed E-state index contributed by atoms with van der Waals surface area (Å²) in [5, 5.41) is 9.35. The number of carbonyl (C=O) groups excluding carboxylic acids is 2. The van der Waals surface area contributed by atoms with Gasteiger partial charge in [0.05, 0.1) is 6.04 Å². The summed E-state index contributed by atoms with van der Waals surface area (Å²) in [6.45, 7) is 6.56. The van der Waals surface area contributed by atoms with Crippen LogP contribution in [0.25, 0.3) is 0 Å². The van der Waals surface area contributed by atoms with Gasteiger partial charge in [-0.15, -0.1) is 0 Å². The molecule has 0 aliphatic heterocycles. The molecule has 0 aromatic rings. The molecule has 0 aromatic heterocycles. The summed E-state index contributed by atoms with van der Waals surface area (Å²) in [6.07, 6.45) is -1.73. The Balaban J connectivity index is 4.17.